The van der Waals surface area contributed by atoms with E-state index in [1.807, 2.05) is 32.9 Å². The van der Waals surface area contributed by atoms with Crippen molar-refractivity contribution in [3.63, 3.8) is 0 Å². The molecule has 1 aromatic carbocycles. The molecule has 0 saturated heterocycles. The van der Waals surface area contributed by atoms with E-state index < -0.39 is 0 Å². The Bertz CT molecular complexity index is 409. The smallest absolute Gasteiger partial charge is 0.253 e. The highest BCUT2D eigenvalue weighted by Gasteiger charge is 2.16. The van der Waals surface area contributed by atoms with Crippen LogP contribution < -0.4 is 5.32 Å². The van der Waals surface area contributed by atoms with Crippen LogP contribution in [-0.2, 0) is 4.74 Å². The Kier molecular flexibility index (Phi) is 6.08. The van der Waals surface area contributed by atoms with Gasteiger partial charge in [-0.25, -0.2) is 0 Å². The lowest BCUT2D eigenvalue weighted by Crippen LogP contribution is -2.37. The minimum Gasteiger partial charge on any atom is -0.362 e. The van der Waals surface area contributed by atoms with Crippen molar-refractivity contribution in [1.82, 2.24) is 5.32 Å². The first-order chi connectivity index (χ1) is 8.49. The molecule has 18 heavy (non-hydrogen) atoms. The number of aryl methyl sites for hydroxylation is 3. The van der Waals surface area contributed by atoms with Gasteiger partial charge in [-0.3, -0.25) is 4.79 Å². The van der Waals surface area contributed by atoms with E-state index in [0.717, 1.165) is 27.5 Å². The van der Waals surface area contributed by atoms with Gasteiger partial charge < -0.3 is 10.1 Å². The molecule has 1 amide bonds. The van der Waals surface area contributed by atoms with Gasteiger partial charge in [0, 0.05) is 23.5 Å². The van der Waals surface area contributed by atoms with Crippen molar-refractivity contribution < 1.29 is 9.53 Å². The van der Waals surface area contributed by atoms with E-state index in [2.05, 4.69) is 27.9 Å². The molecule has 0 heterocycles. The summed E-state index contributed by atoms with van der Waals surface area (Å²) >= 11 is 2.27. The highest BCUT2D eigenvalue weighted by molar-refractivity contribution is 14.1. The molecule has 3 nitrogen and oxygen atoms in total. The summed E-state index contributed by atoms with van der Waals surface area (Å²) < 4.78 is 6.20. The van der Waals surface area contributed by atoms with Crippen molar-refractivity contribution in [2.75, 3.05) is 11.5 Å². The minimum atomic E-state index is -0.213. The topological polar surface area (TPSA) is 38.3 Å². The molecule has 1 atom stereocenters. The highest BCUT2D eigenvalue weighted by atomic mass is 127. The summed E-state index contributed by atoms with van der Waals surface area (Å²) in [5.74, 6) is -0.0540. The Morgan fingerprint density at radius 2 is 1.89 bits per heavy atom. The van der Waals surface area contributed by atoms with Gasteiger partial charge in [-0.1, -0.05) is 40.3 Å². The lowest BCUT2D eigenvalue weighted by molar-refractivity contribution is 0.0570. The van der Waals surface area contributed by atoms with Gasteiger partial charge in [0.15, 0.2) is 0 Å². The molecule has 1 N–H and O–H groups in total. The Labute approximate surface area is 122 Å². The van der Waals surface area contributed by atoms with E-state index in [0.29, 0.717) is 0 Å². The number of methoxy groups -OCH3 is 1. The quantitative estimate of drug-likeness (QED) is 0.497. The number of carbonyl (C=O) groups excluding carboxylic acids is 1. The number of nitrogens with one attached hydrogen (secondary N) is 1. The van der Waals surface area contributed by atoms with Gasteiger partial charge in [-0.05, 0) is 31.9 Å². The Hall–Kier alpha value is -0.620. The molecule has 1 rings (SSSR count). The fraction of sp³-hybridized carbons (Fsp3) is 0.500. The van der Waals surface area contributed by atoms with Crippen LogP contribution in [0.25, 0.3) is 0 Å². The second-order valence-corrected chi connectivity index (χ2v) is 5.53. The van der Waals surface area contributed by atoms with Crippen LogP contribution in [0.4, 0.5) is 0 Å². The van der Waals surface area contributed by atoms with Gasteiger partial charge in [0.2, 0.25) is 0 Å². The van der Waals surface area contributed by atoms with E-state index in [1.165, 1.54) is 5.56 Å². The third-order valence-electron chi connectivity index (χ3n) is 2.85. The fourth-order valence-electron chi connectivity index (χ4n) is 2.10. The molecule has 0 bridgehead atoms. The van der Waals surface area contributed by atoms with Gasteiger partial charge in [0.05, 0.1) is 0 Å². The molecule has 4 heteroatoms. The zero-order valence-electron chi connectivity index (χ0n) is 11.3. The van der Waals surface area contributed by atoms with Gasteiger partial charge in [-0.2, -0.15) is 0 Å². The number of hydrogen-bond donors (Lipinski definition) is 1. The number of halogens is 1. The molecule has 0 aliphatic heterocycles. The molecular weight excluding hydrogens is 341 g/mol. The lowest BCUT2D eigenvalue weighted by atomic mass is 9.99. The fourth-order valence-corrected chi connectivity index (χ4v) is 2.67. The highest BCUT2D eigenvalue weighted by Crippen LogP contribution is 2.16. The molecule has 0 aliphatic carbocycles. The summed E-state index contributed by atoms with van der Waals surface area (Å²) in [5, 5.41) is 2.92. The van der Waals surface area contributed by atoms with Crippen molar-refractivity contribution >= 4 is 28.5 Å². The van der Waals surface area contributed by atoms with Crippen LogP contribution in [0.1, 0.15) is 33.5 Å². The number of hydrogen-bond acceptors (Lipinski definition) is 2. The van der Waals surface area contributed by atoms with Crippen LogP contribution in [0, 0.1) is 20.8 Å². The van der Waals surface area contributed by atoms with Gasteiger partial charge >= 0.3 is 0 Å². The zero-order valence-corrected chi connectivity index (χ0v) is 13.5. The predicted molar refractivity (Wildman–Crippen MR) is 82.4 cm³/mol. The standard InChI is InChI=1S/C14H20INO2/c1-9-7-10(2)13(11(3)8-9)14(17)16-12(18-4)5-6-15/h7-8,12H,5-6H2,1-4H3,(H,16,17). The summed E-state index contributed by atoms with van der Waals surface area (Å²) in [7, 11) is 1.62. The van der Waals surface area contributed by atoms with Crippen LogP contribution in [0.2, 0.25) is 0 Å². The largest absolute Gasteiger partial charge is 0.362 e. The van der Waals surface area contributed by atoms with Gasteiger partial charge in [0.1, 0.15) is 6.23 Å². The average molecular weight is 361 g/mol. The van der Waals surface area contributed by atoms with Crippen LogP contribution in [0.5, 0.6) is 0 Å². The van der Waals surface area contributed by atoms with E-state index in [-0.39, 0.29) is 12.1 Å². The van der Waals surface area contributed by atoms with E-state index in [9.17, 15) is 4.79 Å². The summed E-state index contributed by atoms with van der Waals surface area (Å²) in [4.78, 5) is 12.2. The molecule has 100 valence electrons. The van der Waals surface area contributed by atoms with Crippen molar-refractivity contribution in [3.8, 4) is 0 Å². The third kappa shape index (κ3) is 3.95. The Morgan fingerprint density at radius 3 is 2.33 bits per heavy atom. The SMILES string of the molecule is COC(CCI)NC(=O)c1c(C)cc(C)cc1C. The average Bonchev–Trinajstić information content (AvgIpc) is 2.26. The molecule has 0 aromatic heterocycles. The zero-order chi connectivity index (χ0) is 13.7. The summed E-state index contributed by atoms with van der Waals surface area (Å²) in [5.41, 5.74) is 3.96. The van der Waals surface area contributed by atoms with Crippen molar-refractivity contribution in [2.24, 2.45) is 0 Å². The second kappa shape index (κ2) is 7.09. The number of ether oxygens (including phenoxy) is 1. The number of amides is 1. The number of benzene rings is 1. The molecule has 0 saturated carbocycles. The van der Waals surface area contributed by atoms with Gasteiger partial charge in [0.25, 0.3) is 5.91 Å². The van der Waals surface area contributed by atoms with Crippen LogP contribution in [-0.4, -0.2) is 23.7 Å². The molecular formula is C14H20INO2. The van der Waals surface area contributed by atoms with Crippen molar-refractivity contribution in [3.05, 3.63) is 34.4 Å². The first kappa shape index (κ1) is 15.4. The first-order valence-corrected chi connectivity index (χ1v) is 7.49. The number of rotatable bonds is 5. The maximum atomic E-state index is 12.2. The molecule has 0 spiro atoms. The summed E-state index contributed by atoms with van der Waals surface area (Å²) in [6.45, 7) is 5.97. The van der Waals surface area contributed by atoms with Gasteiger partial charge in [-0.15, -0.1) is 0 Å². The maximum absolute atomic E-state index is 12.2. The van der Waals surface area contributed by atoms with Crippen molar-refractivity contribution in [2.45, 2.75) is 33.4 Å². The number of carbonyl (C=O) groups is 1. The summed E-state index contributed by atoms with van der Waals surface area (Å²) in [6, 6.07) is 4.06. The van der Waals surface area contributed by atoms with Crippen LogP contribution in [0.15, 0.2) is 12.1 Å². The normalized spacial score (nSPS) is 12.3. The lowest BCUT2D eigenvalue weighted by Gasteiger charge is -2.18. The van der Waals surface area contributed by atoms with Crippen LogP contribution in [0.3, 0.4) is 0 Å². The summed E-state index contributed by atoms with van der Waals surface area (Å²) in [6.07, 6.45) is 0.599. The minimum absolute atomic E-state index is 0.0540. The maximum Gasteiger partial charge on any atom is 0.253 e. The van der Waals surface area contributed by atoms with Crippen molar-refractivity contribution in [1.29, 1.82) is 0 Å². The molecule has 1 unspecified atom stereocenters. The Morgan fingerprint density at radius 1 is 1.33 bits per heavy atom. The van der Waals surface area contributed by atoms with Crippen LogP contribution >= 0.6 is 22.6 Å². The molecule has 1 aromatic rings. The number of alkyl halides is 1. The molecule has 0 radical (unpaired) electrons. The monoisotopic (exact) mass is 361 g/mol. The predicted octanol–water partition coefficient (Wildman–Crippen LogP) is 3.14. The molecule has 0 aliphatic rings. The second-order valence-electron chi connectivity index (χ2n) is 4.45. The van der Waals surface area contributed by atoms with E-state index >= 15 is 0 Å². The first-order valence-electron chi connectivity index (χ1n) is 5.97. The molecule has 0 fully saturated rings. The van der Waals surface area contributed by atoms with E-state index in [1.54, 1.807) is 7.11 Å². The third-order valence-corrected chi connectivity index (χ3v) is 3.47. The Balaban J connectivity index is 2.90. The van der Waals surface area contributed by atoms with E-state index in [4.69, 9.17) is 4.74 Å².